The first-order valence-electron chi connectivity index (χ1n) is 6.28. The van der Waals surface area contributed by atoms with E-state index in [4.69, 9.17) is 14.2 Å². The van der Waals surface area contributed by atoms with E-state index >= 15 is 0 Å². The molecular weight excluding hydrogens is 232 g/mol. The van der Waals surface area contributed by atoms with Crippen molar-refractivity contribution in [3.63, 3.8) is 0 Å². The van der Waals surface area contributed by atoms with E-state index in [1.165, 1.54) is 5.56 Å². The summed E-state index contributed by atoms with van der Waals surface area (Å²) in [5.74, 6) is 0. The number of hydrogen-bond donors (Lipinski definition) is 1. The first kappa shape index (κ1) is 15.2. The molecule has 0 aliphatic rings. The van der Waals surface area contributed by atoms with Gasteiger partial charge in [-0.05, 0) is 11.6 Å². The van der Waals surface area contributed by atoms with Gasteiger partial charge in [-0.15, -0.1) is 0 Å². The van der Waals surface area contributed by atoms with Crippen LogP contribution in [0.4, 0.5) is 0 Å². The highest BCUT2D eigenvalue weighted by Gasteiger charge is 1.97. The maximum Gasteiger partial charge on any atom is 0.0701 e. The lowest BCUT2D eigenvalue weighted by Crippen LogP contribution is -2.18. The molecule has 5 heteroatoms. The van der Waals surface area contributed by atoms with E-state index in [0.717, 1.165) is 26.2 Å². The Labute approximate surface area is 109 Å². The minimum absolute atomic E-state index is 0.653. The summed E-state index contributed by atoms with van der Waals surface area (Å²) in [6.45, 7) is 5.40. The second kappa shape index (κ2) is 10.1. The Morgan fingerprint density at radius 1 is 1.11 bits per heavy atom. The summed E-state index contributed by atoms with van der Waals surface area (Å²) in [5, 5.41) is 3.31. The Morgan fingerprint density at radius 2 is 1.94 bits per heavy atom. The predicted octanol–water partition coefficient (Wildman–Crippen LogP) is 0.887. The molecule has 0 fully saturated rings. The van der Waals surface area contributed by atoms with Crippen LogP contribution < -0.4 is 5.32 Å². The number of methoxy groups -OCH3 is 2. The third-order valence-corrected chi connectivity index (χ3v) is 2.55. The van der Waals surface area contributed by atoms with Gasteiger partial charge < -0.3 is 24.1 Å². The lowest BCUT2D eigenvalue weighted by atomic mass is 10.3. The molecule has 5 nitrogen and oxygen atoms in total. The molecule has 0 spiro atoms. The molecule has 0 saturated heterocycles. The molecule has 0 aliphatic carbocycles. The molecule has 1 heterocycles. The van der Waals surface area contributed by atoms with Crippen LogP contribution in [0.25, 0.3) is 0 Å². The van der Waals surface area contributed by atoms with Crippen LogP contribution in [0, 0.1) is 0 Å². The summed E-state index contributed by atoms with van der Waals surface area (Å²) < 4.78 is 17.4. The zero-order chi connectivity index (χ0) is 13.1. The van der Waals surface area contributed by atoms with E-state index in [9.17, 15) is 0 Å². The molecule has 0 atom stereocenters. The Kier molecular flexibility index (Phi) is 8.50. The zero-order valence-electron chi connectivity index (χ0n) is 11.4. The van der Waals surface area contributed by atoms with Crippen LogP contribution in [0.1, 0.15) is 5.56 Å². The van der Waals surface area contributed by atoms with Gasteiger partial charge in [-0.1, -0.05) is 0 Å². The fourth-order valence-corrected chi connectivity index (χ4v) is 1.56. The fourth-order valence-electron chi connectivity index (χ4n) is 1.56. The van der Waals surface area contributed by atoms with Gasteiger partial charge in [0.1, 0.15) is 0 Å². The van der Waals surface area contributed by atoms with Crippen molar-refractivity contribution >= 4 is 0 Å². The van der Waals surface area contributed by atoms with Crippen molar-refractivity contribution in [2.24, 2.45) is 0 Å². The van der Waals surface area contributed by atoms with E-state index in [-0.39, 0.29) is 0 Å². The lowest BCUT2D eigenvalue weighted by molar-refractivity contribution is 0.0666. The number of ether oxygens (including phenoxy) is 3. The SMILES string of the molecule is COCCNCc1ccn(CCOCCOC)c1. The maximum absolute atomic E-state index is 5.42. The van der Waals surface area contributed by atoms with Crippen LogP contribution in [-0.4, -0.2) is 51.8 Å². The summed E-state index contributed by atoms with van der Waals surface area (Å²) in [6, 6.07) is 2.12. The molecule has 1 N–H and O–H groups in total. The first-order chi connectivity index (χ1) is 8.86. The van der Waals surface area contributed by atoms with Crippen LogP contribution in [0.15, 0.2) is 18.5 Å². The van der Waals surface area contributed by atoms with Gasteiger partial charge in [0, 0.05) is 46.2 Å². The molecule has 0 unspecified atom stereocenters. The molecule has 0 amide bonds. The van der Waals surface area contributed by atoms with Crippen molar-refractivity contribution in [3.8, 4) is 0 Å². The van der Waals surface area contributed by atoms with Crippen LogP contribution in [0.5, 0.6) is 0 Å². The van der Waals surface area contributed by atoms with Crippen molar-refractivity contribution in [3.05, 3.63) is 24.0 Å². The Morgan fingerprint density at radius 3 is 2.72 bits per heavy atom. The van der Waals surface area contributed by atoms with Gasteiger partial charge in [0.15, 0.2) is 0 Å². The van der Waals surface area contributed by atoms with Crippen LogP contribution in [0.3, 0.4) is 0 Å². The quantitative estimate of drug-likeness (QED) is 0.597. The molecule has 0 bridgehead atoms. The monoisotopic (exact) mass is 256 g/mol. The largest absolute Gasteiger partial charge is 0.383 e. The molecule has 1 aromatic heterocycles. The first-order valence-corrected chi connectivity index (χ1v) is 6.28. The third kappa shape index (κ3) is 6.76. The van der Waals surface area contributed by atoms with Crippen LogP contribution >= 0.6 is 0 Å². The van der Waals surface area contributed by atoms with E-state index < -0.39 is 0 Å². The smallest absolute Gasteiger partial charge is 0.0701 e. The van der Waals surface area contributed by atoms with Gasteiger partial charge in [-0.3, -0.25) is 0 Å². The number of nitrogens with zero attached hydrogens (tertiary/aromatic N) is 1. The molecule has 0 aliphatic heterocycles. The van der Waals surface area contributed by atoms with Crippen molar-refractivity contribution in [1.29, 1.82) is 0 Å². The number of hydrogen-bond acceptors (Lipinski definition) is 4. The molecule has 0 saturated carbocycles. The molecule has 104 valence electrons. The van der Waals surface area contributed by atoms with Crippen LogP contribution in [-0.2, 0) is 27.3 Å². The van der Waals surface area contributed by atoms with Gasteiger partial charge >= 0.3 is 0 Å². The van der Waals surface area contributed by atoms with Crippen molar-refractivity contribution in [2.45, 2.75) is 13.1 Å². The topological polar surface area (TPSA) is 44.7 Å². The molecular formula is C13H24N2O3. The van der Waals surface area contributed by atoms with Gasteiger partial charge in [0.25, 0.3) is 0 Å². The van der Waals surface area contributed by atoms with E-state index in [1.807, 2.05) is 0 Å². The second-order valence-corrected chi connectivity index (χ2v) is 4.03. The van der Waals surface area contributed by atoms with E-state index in [0.29, 0.717) is 19.8 Å². The van der Waals surface area contributed by atoms with Gasteiger partial charge in [-0.25, -0.2) is 0 Å². The molecule has 0 radical (unpaired) electrons. The minimum Gasteiger partial charge on any atom is -0.383 e. The number of rotatable bonds is 11. The normalized spacial score (nSPS) is 11.0. The third-order valence-electron chi connectivity index (χ3n) is 2.55. The lowest BCUT2D eigenvalue weighted by Gasteiger charge is -2.05. The highest BCUT2D eigenvalue weighted by atomic mass is 16.5. The maximum atomic E-state index is 5.42. The van der Waals surface area contributed by atoms with E-state index in [1.54, 1.807) is 14.2 Å². The van der Waals surface area contributed by atoms with Gasteiger partial charge in [-0.2, -0.15) is 0 Å². The average Bonchev–Trinajstić information content (AvgIpc) is 2.82. The number of aromatic nitrogens is 1. The molecule has 1 rings (SSSR count). The average molecular weight is 256 g/mol. The summed E-state index contributed by atoms with van der Waals surface area (Å²) >= 11 is 0. The summed E-state index contributed by atoms with van der Waals surface area (Å²) in [7, 11) is 3.39. The Hall–Kier alpha value is -0.880. The van der Waals surface area contributed by atoms with E-state index in [2.05, 4.69) is 28.3 Å². The van der Waals surface area contributed by atoms with Crippen LogP contribution in [0.2, 0.25) is 0 Å². The van der Waals surface area contributed by atoms with Crippen molar-refractivity contribution < 1.29 is 14.2 Å². The molecule has 18 heavy (non-hydrogen) atoms. The van der Waals surface area contributed by atoms with Crippen molar-refractivity contribution in [1.82, 2.24) is 9.88 Å². The fraction of sp³-hybridized carbons (Fsp3) is 0.692. The van der Waals surface area contributed by atoms with Gasteiger partial charge in [0.2, 0.25) is 0 Å². The molecule has 1 aromatic rings. The Bertz CT molecular complexity index is 302. The summed E-state index contributed by atoms with van der Waals surface area (Å²) in [5.41, 5.74) is 1.28. The predicted molar refractivity (Wildman–Crippen MR) is 70.7 cm³/mol. The van der Waals surface area contributed by atoms with Crippen molar-refractivity contribution in [2.75, 3.05) is 47.2 Å². The van der Waals surface area contributed by atoms with Gasteiger partial charge in [0.05, 0.1) is 26.4 Å². The highest BCUT2D eigenvalue weighted by molar-refractivity contribution is 5.09. The summed E-state index contributed by atoms with van der Waals surface area (Å²) in [6.07, 6.45) is 4.21. The standard InChI is InChI=1S/C13H24N2O3/c1-16-7-4-14-11-13-3-5-15(12-13)6-8-18-10-9-17-2/h3,5,12,14H,4,6-11H2,1-2H3. The molecule has 0 aromatic carbocycles. The zero-order valence-corrected chi connectivity index (χ0v) is 11.4. The summed E-state index contributed by atoms with van der Waals surface area (Å²) in [4.78, 5) is 0. The minimum atomic E-state index is 0.653. The second-order valence-electron chi connectivity index (χ2n) is 4.03. The Balaban J connectivity index is 2.10. The number of nitrogens with one attached hydrogen (secondary N) is 1. The highest BCUT2D eigenvalue weighted by Crippen LogP contribution is 2.00.